The molecule has 2 heterocycles. The van der Waals surface area contributed by atoms with Crippen LogP contribution in [0.2, 0.25) is 5.02 Å². The summed E-state index contributed by atoms with van der Waals surface area (Å²) in [6.07, 6.45) is 5.00. The van der Waals surface area contributed by atoms with Crippen LogP contribution in [0.1, 0.15) is 23.5 Å². The predicted molar refractivity (Wildman–Crippen MR) is 90.4 cm³/mol. The van der Waals surface area contributed by atoms with E-state index in [0.29, 0.717) is 5.92 Å². The van der Waals surface area contributed by atoms with Gasteiger partial charge in [-0.05, 0) is 30.5 Å². The minimum Gasteiger partial charge on any atom is -0.347 e. The van der Waals surface area contributed by atoms with E-state index in [0.717, 1.165) is 42.6 Å². The zero-order valence-corrected chi connectivity index (χ0v) is 13.8. The highest BCUT2D eigenvalue weighted by molar-refractivity contribution is 6.31. The van der Waals surface area contributed by atoms with Gasteiger partial charge in [0.15, 0.2) is 0 Å². The van der Waals surface area contributed by atoms with E-state index in [1.807, 2.05) is 43.5 Å². The lowest BCUT2D eigenvalue weighted by Crippen LogP contribution is -2.20. The van der Waals surface area contributed by atoms with Gasteiger partial charge in [-0.15, -0.1) is 0 Å². The van der Waals surface area contributed by atoms with E-state index in [4.69, 9.17) is 11.6 Å². The van der Waals surface area contributed by atoms with Crippen LogP contribution in [-0.2, 0) is 6.54 Å². The molecule has 0 spiro atoms. The number of nitrogens with zero attached hydrogens (tertiary/aromatic N) is 4. The number of halogens is 1. The molecule has 0 unspecified atom stereocenters. The topological polar surface area (TPSA) is 32.3 Å². The molecule has 1 fully saturated rings. The van der Waals surface area contributed by atoms with Crippen LogP contribution in [0.4, 0.5) is 5.95 Å². The van der Waals surface area contributed by atoms with Gasteiger partial charge in [-0.3, -0.25) is 4.90 Å². The zero-order chi connectivity index (χ0) is 15.5. The molecule has 0 amide bonds. The summed E-state index contributed by atoms with van der Waals surface area (Å²) in [5, 5.41) is 0.882. The van der Waals surface area contributed by atoms with E-state index >= 15 is 0 Å². The summed E-state index contributed by atoms with van der Waals surface area (Å²) in [6.45, 7) is 3.03. The lowest BCUT2D eigenvalue weighted by Gasteiger charge is -2.17. The van der Waals surface area contributed by atoms with Gasteiger partial charge >= 0.3 is 0 Å². The van der Waals surface area contributed by atoms with Gasteiger partial charge in [-0.25, -0.2) is 9.97 Å². The molecule has 1 aromatic heterocycles. The van der Waals surface area contributed by atoms with Crippen molar-refractivity contribution in [1.82, 2.24) is 14.9 Å². The highest BCUT2D eigenvalue weighted by Crippen LogP contribution is 2.32. The average molecular weight is 317 g/mol. The highest BCUT2D eigenvalue weighted by Gasteiger charge is 2.25. The van der Waals surface area contributed by atoms with E-state index in [1.165, 1.54) is 5.56 Å². The molecule has 0 bridgehead atoms. The Bertz CT molecular complexity index is 627. The Balaban J connectivity index is 1.62. The van der Waals surface area contributed by atoms with Crippen molar-refractivity contribution in [1.29, 1.82) is 0 Å². The second kappa shape index (κ2) is 6.63. The first kappa shape index (κ1) is 15.3. The molecule has 1 aliphatic rings. The van der Waals surface area contributed by atoms with Gasteiger partial charge in [0.2, 0.25) is 5.95 Å². The van der Waals surface area contributed by atoms with E-state index < -0.39 is 0 Å². The first-order chi connectivity index (χ1) is 10.6. The van der Waals surface area contributed by atoms with Crippen LogP contribution in [0.3, 0.4) is 0 Å². The van der Waals surface area contributed by atoms with E-state index in [1.54, 1.807) is 0 Å². The molecule has 1 aliphatic heterocycles. The van der Waals surface area contributed by atoms with Crippen LogP contribution in [0.5, 0.6) is 0 Å². The van der Waals surface area contributed by atoms with Crippen molar-refractivity contribution in [3.8, 4) is 0 Å². The normalized spacial score (nSPS) is 18.6. The number of hydrogen-bond acceptors (Lipinski definition) is 4. The van der Waals surface area contributed by atoms with Crippen molar-refractivity contribution in [3.05, 3.63) is 52.8 Å². The fourth-order valence-corrected chi connectivity index (χ4v) is 3.25. The van der Waals surface area contributed by atoms with Gasteiger partial charge in [0.05, 0.1) is 0 Å². The minimum atomic E-state index is 0.524. The fraction of sp³-hybridized carbons (Fsp3) is 0.412. The molecule has 22 heavy (non-hydrogen) atoms. The summed E-state index contributed by atoms with van der Waals surface area (Å²) < 4.78 is 0. The maximum absolute atomic E-state index is 6.32. The third-order valence-electron chi connectivity index (χ3n) is 4.12. The van der Waals surface area contributed by atoms with Crippen molar-refractivity contribution < 1.29 is 0 Å². The SMILES string of the molecule is CN(C)c1ncc(CN2CC[C@H](c3ccccc3Cl)C2)cn1. The van der Waals surface area contributed by atoms with Crippen LogP contribution < -0.4 is 4.90 Å². The van der Waals surface area contributed by atoms with Gasteiger partial charge in [-0.1, -0.05) is 29.8 Å². The van der Waals surface area contributed by atoms with E-state index in [-0.39, 0.29) is 0 Å². The summed E-state index contributed by atoms with van der Waals surface area (Å²) in [4.78, 5) is 13.1. The van der Waals surface area contributed by atoms with Crippen molar-refractivity contribution >= 4 is 17.5 Å². The molecule has 0 N–H and O–H groups in total. The molecular formula is C17H21ClN4. The molecule has 1 saturated heterocycles. The quantitative estimate of drug-likeness (QED) is 0.867. The van der Waals surface area contributed by atoms with Crippen LogP contribution >= 0.6 is 11.6 Å². The summed E-state index contributed by atoms with van der Waals surface area (Å²) in [7, 11) is 3.90. The summed E-state index contributed by atoms with van der Waals surface area (Å²) in [6, 6.07) is 8.18. The first-order valence-electron chi connectivity index (χ1n) is 7.58. The molecule has 0 saturated carbocycles. The summed E-state index contributed by atoms with van der Waals surface area (Å²) in [5.41, 5.74) is 2.43. The van der Waals surface area contributed by atoms with Gasteiger partial charge < -0.3 is 4.90 Å². The Morgan fingerprint density at radius 2 is 1.95 bits per heavy atom. The molecule has 116 valence electrons. The van der Waals surface area contributed by atoms with Crippen molar-refractivity contribution in [2.45, 2.75) is 18.9 Å². The molecule has 1 aromatic carbocycles. The molecule has 0 radical (unpaired) electrons. The number of aromatic nitrogens is 2. The maximum Gasteiger partial charge on any atom is 0.224 e. The molecule has 3 rings (SSSR count). The lowest BCUT2D eigenvalue weighted by atomic mass is 9.98. The van der Waals surface area contributed by atoms with Gasteiger partial charge in [0, 0.05) is 50.2 Å². The molecular weight excluding hydrogens is 296 g/mol. The smallest absolute Gasteiger partial charge is 0.224 e. The van der Waals surface area contributed by atoms with Gasteiger partial charge in [0.25, 0.3) is 0 Å². The standard InChI is InChI=1S/C17H21ClN4/c1-21(2)17-19-9-13(10-20-17)11-22-8-7-14(12-22)15-5-3-4-6-16(15)18/h3-6,9-10,14H,7-8,11-12H2,1-2H3/t14-/m0/s1. The van der Waals surface area contributed by atoms with Crippen LogP contribution in [-0.4, -0.2) is 42.1 Å². The fourth-order valence-electron chi connectivity index (χ4n) is 2.96. The second-order valence-corrected chi connectivity index (χ2v) is 6.44. The number of anilines is 1. The van der Waals surface area contributed by atoms with E-state index in [2.05, 4.69) is 27.0 Å². The Morgan fingerprint density at radius 1 is 1.23 bits per heavy atom. The van der Waals surface area contributed by atoms with Crippen molar-refractivity contribution in [2.75, 3.05) is 32.1 Å². The second-order valence-electron chi connectivity index (χ2n) is 6.03. The van der Waals surface area contributed by atoms with Gasteiger partial charge in [-0.2, -0.15) is 0 Å². The predicted octanol–water partition coefficient (Wildman–Crippen LogP) is 3.19. The Kier molecular flexibility index (Phi) is 4.60. The Labute approximate surface area is 136 Å². The van der Waals surface area contributed by atoms with Crippen molar-refractivity contribution in [3.63, 3.8) is 0 Å². The maximum atomic E-state index is 6.32. The molecule has 2 aromatic rings. The molecule has 1 atom stereocenters. The van der Waals surface area contributed by atoms with Crippen LogP contribution in [0.15, 0.2) is 36.7 Å². The third-order valence-corrected chi connectivity index (χ3v) is 4.46. The number of benzene rings is 1. The first-order valence-corrected chi connectivity index (χ1v) is 7.96. The number of hydrogen-bond donors (Lipinski definition) is 0. The molecule has 4 nitrogen and oxygen atoms in total. The largest absolute Gasteiger partial charge is 0.347 e. The average Bonchev–Trinajstić information content (AvgIpc) is 2.96. The van der Waals surface area contributed by atoms with Gasteiger partial charge in [0.1, 0.15) is 0 Å². The van der Waals surface area contributed by atoms with Crippen LogP contribution in [0.25, 0.3) is 0 Å². The van der Waals surface area contributed by atoms with Crippen molar-refractivity contribution in [2.24, 2.45) is 0 Å². The summed E-state index contributed by atoms with van der Waals surface area (Å²) >= 11 is 6.32. The summed E-state index contributed by atoms with van der Waals surface area (Å²) in [5.74, 6) is 1.27. The Morgan fingerprint density at radius 3 is 2.64 bits per heavy atom. The minimum absolute atomic E-state index is 0.524. The highest BCUT2D eigenvalue weighted by atomic mass is 35.5. The lowest BCUT2D eigenvalue weighted by molar-refractivity contribution is 0.326. The third kappa shape index (κ3) is 3.39. The zero-order valence-electron chi connectivity index (χ0n) is 13.0. The number of likely N-dealkylation sites (tertiary alicyclic amines) is 1. The Hall–Kier alpha value is -1.65. The monoisotopic (exact) mass is 316 g/mol. The number of rotatable bonds is 4. The van der Waals surface area contributed by atoms with Crippen LogP contribution in [0, 0.1) is 0 Å². The molecule has 0 aliphatic carbocycles. The molecule has 5 heteroatoms. The van der Waals surface area contributed by atoms with E-state index in [9.17, 15) is 0 Å².